The summed E-state index contributed by atoms with van der Waals surface area (Å²) in [5, 5.41) is 0.0180. The Morgan fingerprint density at radius 1 is 0.379 bits per heavy atom. The summed E-state index contributed by atoms with van der Waals surface area (Å²) in [6.07, 6.45) is 0. The van der Waals surface area contributed by atoms with Gasteiger partial charge in [-0.2, -0.15) is 0 Å². The van der Waals surface area contributed by atoms with Crippen molar-refractivity contribution in [2.45, 2.75) is 84.0 Å². The van der Waals surface area contributed by atoms with Crippen molar-refractivity contribution in [1.82, 2.24) is 4.57 Å². The monoisotopic (exact) mass is 1230 g/mol. The third-order valence-corrected chi connectivity index (χ3v) is 20.2. The fourth-order valence-corrected chi connectivity index (χ4v) is 15.5. The zero-order valence-corrected chi connectivity index (χ0v) is 55.0. The SMILES string of the molecule is [2H]c1c([2H])c([2H])c2c(c1[2H])c1c([2H])c([2H])c([2H])c([2H])c1n2-c1ccc2c(c1)N(c1c(-c3ccccc3)cc(C(C)(C)C)cc1-c1ccccc1)c1cc(-c3cc(C(C)(C)C)cc(C(C)(C)C)c3)cc3c1B2c1cc(-c2cccc4c2C(c2ccccc2)(c2ccccc2)c2ccccc2-4)ccc1O3. The molecule has 1 aliphatic carbocycles. The van der Waals surface area contributed by atoms with E-state index in [4.69, 9.17) is 7.48 Å². The van der Waals surface area contributed by atoms with Crippen LogP contribution in [0.5, 0.6) is 11.5 Å². The molecule has 0 N–H and O–H groups in total. The van der Waals surface area contributed by atoms with Crippen LogP contribution in [0.1, 0.15) is 112 Å². The molecule has 1 aromatic heterocycles. The Morgan fingerprint density at radius 3 is 1.48 bits per heavy atom. The van der Waals surface area contributed by atoms with E-state index in [1.165, 1.54) is 27.8 Å². The Hall–Kier alpha value is -10.7. The molecule has 17 rings (SSSR count). The molecule has 0 bridgehead atoms. The number of para-hydroxylation sites is 2. The van der Waals surface area contributed by atoms with E-state index in [9.17, 15) is 8.22 Å². The summed E-state index contributed by atoms with van der Waals surface area (Å²) < 4.78 is 84.6. The van der Waals surface area contributed by atoms with Crippen LogP contribution in [-0.4, -0.2) is 11.3 Å². The van der Waals surface area contributed by atoms with E-state index in [1.54, 1.807) is 4.57 Å². The highest BCUT2D eigenvalue weighted by molar-refractivity contribution is 6.99. The lowest BCUT2D eigenvalue weighted by molar-refractivity contribution is 0.488. The Morgan fingerprint density at radius 2 is 0.895 bits per heavy atom. The molecule has 0 saturated heterocycles. The summed E-state index contributed by atoms with van der Waals surface area (Å²) in [6.45, 7) is 19.8. The van der Waals surface area contributed by atoms with Crippen LogP contribution < -0.4 is 26.0 Å². The molecule has 95 heavy (non-hydrogen) atoms. The zero-order valence-electron chi connectivity index (χ0n) is 63.0. The average Bonchev–Trinajstić information content (AvgIpc) is 1.67. The maximum absolute atomic E-state index is 9.80. The number of fused-ring (bicyclic) bond motifs is 10. The van der Waals surface area contributed by atoms with E-state index in [0.717, 1.165) is 100 Å². The predicted molar refractivity (Wildman–Crippen MR) is 402 cm³/mol. The molecule has 13 aromatic carbocycles. The van der Waals surface area contributed by atoms with E-state index in [0.29, 0.717) is 17.2 Å². The van der Waals surface area contributed by atoms with Crippen molar-refractivity contribution < 1.29 is 15.7 Å². The molecular weight excluding hydrogens is 1150 g/mol. The van der Waals surface area contributed by atoms with Crippen LogP contribution >= 0.6 is 0 Å². The summed E-state index contributed by atoms with van der Waals surface area (Å²) >= 11 is 0. The molecule has 0 unspecified atom stereocenters. The second kappa shape index (κ2) is 21.7. The molecule has 0 amide bonds. The third-order valence-electron chi connectivity index (χ3n) is 20.2. The molecule has 0 saturated carbocycles. The highest BCUT2D eigenvalue weighted by Crippen LogP contribution is 2.59. The number of rotatable bonds is 8. The lowest BCUT2D eigenvalue weighted by Crippen LogP contribution is -2.59. The maximum Gasteiger partial charge on any atom is 0.256 e. The normalized spacial score (nSPS) is 14.8. The van der Waals surface area contributed by atoms with Gasteiger partial charge in [0.1, 0.15) is 11.5 Å². The molecule has 458 valence electrons. The minimum absolute atomic E-state index is 0.00902. The third kappa shape index (κ3) is 9.23. The van der Waals surface area contributed by atoms with Gasteiger partial charge in [0, 0.05) is 39.0 Å². The van der Waals surface area contributed by atoms with Gasteiger partial charge < -0.3 is 14.2 Å². The number of nitrogens with zero attached hydrogens (tertiary/aromatic N) is 2. The molecule has 0 fully saturated rings. The minimum Gasteiger partial charge on any atom is -0.458 e. The van der Waals surface area contributed by atoms with Crippen LogP contribution in [-0.2, 0) is 21.7 Å². The first-order valence-corrected chi connectivity index (χ1v) is 33.1. The smallest absolute Gasteiger partial charge is 0.256 e. The Bertz CT molecular complexity index is 5680. The van der Waals surface area contributed by atoms with E-state index >= 15 is 0 Å². The molecule has 0 spiro atoms. The molecule has 14 aromatic rings. The number of hydrogen-bond acceptors (Lipinski definition) is 2. The van der Waals surface area contributed by atoms with Crippen molar-refractivity contribution >= 4 is 62.0 Å². The highest BCUT2D eigenvalue weighted by atomic mass is 16.5. The average molecular weight is 1230 g/mol. The molecule has 3 nitrogen and oxygen atoms in total. The van der Waals surface area contributed by atoms with E-state index < -0.39 is 48.4 Å². The van der Waals surface area contributed by atoms with Gasteiger partial charge in [0.25, 0.3) is 6.71 Å². The first kappa shape index (κ1) is 49.9. The summed E-state index contributed by atoms with van der Waals surface area (Å²) in [4.78, 5) is 2.40. The summed E-state index contributed by atoms with van der Waals surface area (Å²) in [6, 6.07) is 84.1. The van der Waals surface area contributed by atoms with Crippen molar-refractivity contribution in [2.75, 3.05) is 4.90 Å². The number of ether oxygens (including phenoxy) is 1. The second-order valence-electron chi connectivity index (χ2n) is 29.0. The van der Waals surface area contributed by atoms with Crippen LogP contribution in [0.15, 0.2) is 291 Å². The first-order chi connectivity index (χ1) is 49.3. The number of hydrogen-bond donors (Lipinski definition) is 0. The van der Waals surface area contributed by atoms with Gasteiger partial charge in [-0.15, -0.1) is 0 Å². The van der Waals surface area contributed by atoms with Crippen LogP contribution in [0.2, 0.25) is 0 Å². The Labute approximate surface area is 571 Å². The van der Waals surface area contributed by atoms with Gasteiger partial charge in [-0.05, 0) is 171 Å². The van der Waals surface area contributed by atoms with Crippen molar-refractivity contribution in [1.29, 1.82) is 0 Å². The van der Waals surface area contributed by atoms with Gasteiger partial charge in [0.2, 0.25) is 0 Å². The lowest BCUT2D eigenvalue weighted by Gasteiger charge is -2.42. The summed E-state index contributed by atoms with van der Waals surface area (Å²) in [5.41, 5.74) is 22.8. The van der Waals surface area contributed by atoms with Crippen LogP contribution in [0, 0.1) is 0 Å². The number of aromatic nitrogens is 1. The van der Waals surface area contributed by atoms with Crippen LogP contribution in [0.25, 0.3) is 83.1 Å². The quantitative estimate of drug-likeness (QED) is 0.141. The molecule has 3 aliphatic rings. The second-order valence-corrected chi connectivity index (χ2v) is 29.0. The highest BCUT2D eigenvalue weighted by Gasteiger charge is 2.49. The lowest BCUT2D eigenvalue weighted by atomic mass is 9.34. The summed E-state index contributed by atoms with van der Waals surface area (Å²) in [5.74, 6) is 1.39. The van der Waals surface area contributed by atoms with Crippen LogP contribution in [0.4, 0.5) is 17.1 Å². The standard InChI is InChI=1S/C91H75BN2O/c1-88(2,3)65-49-61(50-66(54-65)89(4,5)6)62-52-82-86-84(53-62)95-83-48-45-60(69-40-28-41-73-70-37-22-25-42-76(70)91(85(69)73,63-33-18-12-19-34-63)64-35-20-13-21-36-64)51-78(83)92(86)77-47-46-68(93-79-43-26-23-38-71(79)72-39-24-27-44-80(72)93)57-81(77)94(82)87-74(58-29-14-10-15-30-58)55-67(90(7,8)9)56-75(87)59-31-16-11-17-32-59/h10-57H,1-9H3/i23D,24D,26D,27D,38D,39D,43D,44D. The van der Waals surface area contributed by atoms with Crippen LogP contribution in [0.3, 0.4) is 0 Å². The fourth-order valence-electron chi connectivity index (χ4n) is 15.5. The van der Waals surface area contributed by atoms with Crippen molar-refractivity contribution in [2.24, 2.45) is 0 Å². The van der Waals surface area contributed by atoms with E-state index in [1.807, 2.05) is 18.2 Å². The number of anilines is 3. The minimum atomic E-state index is -0.716. The molecule has 2 aliphatic heterocycles. The van der Waals surface area contributed by atoms with Gasteiger partial charge in [-0.3, -0.25) is 0 Å². The predicted octanol–water partition coefficient (Wildman–Crippen LogP) is 22.1. The van der Waals surface area contributed by atoms with Gasteiger partial charge in [0.05, 0.1) is 33.1 Å². The fraction of sp³-hybridized carbons (Fsp3) is 0.143. The van der Waals surface area contributed by atoms with E-state index in [2.05, 4.69) is 292 Å². The van der Waals surface area contributed by atoms with Crippen molar-refractivity contribution in [3.8, 4) is 72.8 Å². The maximum atomic E-state index is 9.80. The largest absolute Gasteiger partial charge is 0.458 e. The van der Waals surface area contributed by atoms with Gasteiger partial charge in [-0.25, -0.2) is 0 Å². The van der Waals surface area contributed by atoms with Crippen molar-refractivity contribution in [3.05, 3.63) is 330 Å². The molecule has 3 heterocycles. The van der Waals surface area contributed by atoms with Gasteiger partial charge >= 0.3 is 0 Å². The molecule has 4 heteroatoms. The van der Waals surface area contributed by atoms with Gasteiger partial charge in [-0.1, -0.05) is 299 Å². The van der Waals surface area contributed by atoms with E-state index in [-0.39, 0.29) is 50.1 Å². The van der Waals surface area contributed by atoms with Crippen molar-refractivity contribution in [3.63, 3.8) is 0 Å². The topological polar surface area (TPSA) is 17.4 Å². The first-order valence-electron chi connectivity index (χ1n) is 37.1. The molecule has 0 atom stereocenters. The molecular formula is C91H75BN2O. The van der Waals surface area contributed by atoms with Gasteiger partial charge in [0.15, 0.2) is 0 Å². The molecule has 0 radical (unpaired) electrons. The summed E-state index contributed by atoms with van der Waals surface area (Å²) in [7, 11) is 0. The zero-order chi connectivity index (χ0) is 71.7. The number of benzene rings is 13. The Kier molecular flexibility index (Phi) is 11.4. The Balaban J connectivity index is 1.03.